The van der Waals surface area contributed by atoms with Crippen LogP contribution in [-0.2, 0) is 19.1 Å². The summed E-state index contributed by atoms with van der Waals surface area (Å²) < 4.78 is 38.8. The molecule has 0 saturated heterocycles. The summed E-state index contributed by atoms with van der Waals surface area (Å²) in [6.07, 6.45) is -2.17. The monoisotopic (exact) mass is 218 g/mol. The number of aryl methyl sites for hydroxylation is 1. The first kappa shape index (κ1) is 10.2. The fourth-order valence-electron chi connectivity index (χ4n) is 1.84. The molecule has 0 N–H and O–H groups in total. The third-order valence-electron chi connectivity index (χ3n) is 2.50. The Labute approximate surface area is 83.9 Å². The molecule has 0 fully saturated rings. The molecule has 0 atom stereocenters. The molecular formula is C9H9F3N2O. The molecule has 0 unspecified atom stereocenters. The summed E-state index contributed by atoms with van der Waals surface area (Å²) in [5.41, 5.74) is -1.38. The zero-order valence-corrected chi connectivity index (χ0v) is 7.84. The molecule has 1 aliphatic heterocycles. The highest BCUT2D eigenvalue weighted by Gasteiger charge is 2.39. The minimum absolute atomic E-state index is 0.241. The van der Waals surface area contributed by atoms with Crippen molar-refractivity contribution in [2.45, 2.75) is 32.0 Å². The number of nitrogens with zero attached hydrogens (tertiary/aromatic N) is 2. The molecule has 0 amide bonds. The van der Waals surface area contributed by atoms with Crippen LogP contribution in [0.15, 0.2) is 0 Å². The predicted molar refractivity (Wildman–Crippen MR) is 45.6 cm³/mol. The number of rotatable bonds is 1. The van der Waals surface area contributed by atoms with Gasteiger partial charge in [0.15, 0.2) is 12.0 Å². The van der Waals surface area contributed by atoms with Gasteiger partial charge >= 0.3 is 6.18 Å². The molecule has 2 heterocycles. The van der Waals surface area contributed by atoms with Crippen LogP contribution in [0.5, 0.6) is 0 Å². The fraction of sp³-hybridized carbons (Fsp3) is 0.556. The number of alkyl halides is 3. The van der Waals surface area contributed by atoms with Crippen LogP contribution < -0.4 is 0 Å². The van der Waals surface area contributed by atoms with Gasteiger partial charge in [-0.15, -0.1) is 0 Å². The lowest BCUT2D eigenvalue weighted by atomic mass is 10.2. The highest BCUT2D eigenvalue weighted by atomic mass is 19.4. The summed E-state index contributed by atoms with van der Waals surface area (Å²) in [5.74, 6) is 0.371. The average molecular weight is 218 g/mol. The molecule has 0 spiro atoms. The van der Waals surface area contributed by atoms with Crippen LogP contribution in [0.1, 0.15) is 34.8 Å². The van der Waals surface area contributed by atoms with Crippen LogP contribution in [0.2, 0.25) is 0 Å². The number of carbonyl (C=O) groups is 1. The summed E-state index contributed by atoms with van der Waals surface area (Å²) >= 11 is 0. The fourth-order valence-corrected chi connectivity index (χ4v) is 1.84. The zero-order chi connectivity index (χ0) is 11.1. The van der Waals surface area contributed by atoms with Gasteiger partial charge in [0.1, 0.15) is 11.5 Å². The Kier molecular flexibility index (Phi) is 2.28. The van der Waals surface area contributed by atoms with E-state index in [0.717, 1.165) is 12.8 Å². The van der Waals surface area contributed by atoms with Crippen LogP contribution in [0, 0.1) is 0 Å². The Bertz CT molecular complexity index is 395. The Balaban J connectivity index is 2.56. The van der Waals surface area contributed by atoms with Gasteiger partial charge in [0, 0.05) is 13.0 Å². The minimum atomic E-state index is -4.54. The van der Waals surface area contributed by atoms with Crippen LogP contribution in [0.3, 0.4) is 0 Å². The number of carbonyl (C=O) groups excluding carboxylic acids is 1. The first-order valence-electron chi connectivity index (χ1n) is 4.66. The van der Waals surface area contributed by atoms with Gasteiger partial charge in [0.25, 0.3) is 0 Å². The predicted octanol–water partition coefficient (Wildman–Crippen LogP) is 2.05. The second-order valence-electron chi connectivity index (χ2n) is 3.49. The lowest BCUT2D eigenvalue weighted by molar-refractivity contribution is -0.141. The molecule has 0 aliphatic carbocycles. The summed E-state index contributed by atoms with van der Waals surface area (Å²) in [7, 11) is 0. The normalized spacial score (nSPS) is 16.2. The van der Waals surface area contributed by atoms with Crippen LogP contribution in [0.25, 0.3) is 0 Å². The zero-order valence-electron chi connectivity index (χ0n) is 7.84. The highest BCUT2D eigenvalue weighted by molar-refractivity contribution is 5.74. The maximum Gasteiger partial charge on any atom is 0.435 e. The third kappa shape index (κ3) is 1.64. The van der Waals surface area contributed by atoms with Crippen molar-refractivity contribution in [2.24, 2.45) is 0 Å². The Hall–Kier alpha value is -1.33. The number of hydrogen-bond acceptors (Lipinski definition) is 2. The van der Waals surface area contributed by atoms with E-state index in [9.17, 15) is 18.0 Å². The van der Waals surface area contributed by atoms with Crippen LogP contribution in [-0.4, -0.2) is 15.8 Å². The summed E-state index contributed by atoms with van der Waals surface area (Å²) in [5, 5.41) is 0. The van der Waals surface area contributed by atoms with E-state index in [2.05, 4.69) is 4.98 Å². The van der Waals surface area contributed by atoms with E-state index in [0.29, 0.717) is 18.8 Å². The number of halogens is 3. The average Bonchev–Trinajstić information content (AvgIpc) is 2.55. The van der Waals surface area contributed by atoms with Crippen molar-refractivity contribution in [1.82, 2.24) is 9.55 Å². The SMILES string of the molecule is O=Cc1c(C(F)(F)F)nc2n1CCCC2. The number of hydrogen-bond donors (Lipinski definition) is 0. The standard InChI is InChI=1S/C9H9F3N2O/c10-9(11,12)8-6(5-15)14-4-2-1-3-7(14)13-8/h5H,1-4H2. The number of fused-ring (bicyclic) bond motifs is 1. The maximum atomic E-state index is 12.5. The molecule has 6 heteroatoms. The molecule has 0 aromatic carbocycles. The van der Waals surface area contributed by atoms with E-state index >= 15 is 0 Å². The van der Waals surface area contributed by atoms with E-state index in [1.807, 2.05) is 0 Å². The van der Waals surface area contributed by atoms with Gasteiger partial charge in [-0.3, -0.25) is 4.79 Å². The lowest BCUT2D eigenvalue weighted by Crippen LogP contribution is -2.14. The molecule has 1 aliphatic rings. The van der Waals surface area contributed by atoms with Crippen LogP contribution >= 0.6 is 0 Å². The van der Waals surface area contributed by atoms with E-state index in [1.54, 1.807) is 0 Å². The summed E-state index contributed by atoms with van der Waals surface area (Å²) in [6.45, 7) is 0.451. The van der Waals surface area contributed by atoms with Crippen molar-refractivity contribution < 1.29 is 18.0 Å². The summed E-state index contributed by atoms with van der Waals surface area (Å²) in [4.78, 5) is 14.1. The second kappa shape index (κ2) is 3.36. The van der Waals surface area contributed by atoms with E-state index in [1.165, 1.54) is 4.57 Å². The second-order valence-corrected chi connectivity index (χ2v) is 3.49. The van der Waals surface area contributed by atoms with Crippen molar-refractivity contribution in [1.29, 1.82) is 0 Å². The van der Waals surface area contributed by atoms with Gasteiger partial charge in [0.05, 0.1) is 0 Å². The van der Waals surface area contributed by atoms with Gasteiger partial charge in [-0.1, -0.05) is 0 Å². The van der Waals surface area contributed by atoms with Gasteiger partial charge in [-0.2, -0.15) is 13.2 Å². The molecule has 0 saturated carbocycles. The molecule has 2 rings (SSSR count). The Morgan fingerprint density at radius 2 is 2.07 bits per heavy atom. The Morgan fingerprint density at radius 1 is 1.33 bits per heavy atom. The molecule has 1 aromatic heterocycles. The smallest absolute Gasteiger partial charge is 0.325 e. The van der Waals surface area contributed by atoms with Gasteiger partial charge in [0.2, 0.25) is 0 Å². The molecule has 0 radical (unpaired) electrons. The molecule has 82 valence electrons. The molecular weight excluding hydrogens is 209 g/mol. The maximum absolute atomic E-state index is 12.5. The van der Waals surface area contributed by atoms with E-state index in [-0.39, 0.29) is 12.0 Å². The van der Waals surface area contributed by atoms with E-state index < -0.39 is 11.9 Å². The largest absolute Gasteiger partial charge is 0.435 e. The first-order chi connectivity index (χ1) is 7.04. The number of aromatic nitrogens is 2. The lowest BCUT2D eigenvalue weighted by Gasteiger charge is -2.13. The topological polar surface area (TPSA) is 34.9 Å². The van der Waals surface area contributed by atoms with E-state index in [4.69, 9.17) is 0 Å². The quantitative estimate of drug-likeness (QED) is 0.676. The van der Waals surface area contributed by atoms with Crippen molar-refractivity contribution in [3.8, 4) is 0 Å². The van der Waals surface area contributed by atoms with Gasteiger partial charge < -0.3 is 4.57 Å². The summed E-state index contributed by atoms with van der Waals surface area (Å²) in [6, 6.07) is 0. The first-order valence-corrected chi connectivity index (χ1v) is 4.66. The highest BCUT2D eigenvalue weighted by Crippen LogP contribution is 2.32. The van der Waals surface area contributed by atoms with Gasteiger partial charge in [-0.05, 0) is 12.8 Å². The minimum Gasteiger partial charge on any atom is -0.325 e. The molecule has 0 bridgehead atoms. The third-order valence-corrected chi connectivity index (χ3v) is 2.50. The van der Waals surface area contributed by atoms with Gasteiger partial charge in [-0.25, -0.2) is 4.98 Å². The van der Waals surface area contributed by atoms with Crippen molar-refractivity contribution in [3.63, 3.8) is 0 Å². The molecule has 3 nitrogen and oxygen atoms in total. The van der Waals surface area contributed by atoms with Crippen LogP contribution in [0.4, 0.5) is 13.2 Å². The molecule has 1 aromatic rings. The van der Waals surface area contributed by atoms with Crippen molar-refractivity contribution in [2.75, 3.05) is 0 Å². The Morgan fingerprint density at radius 3 is 2.67 bits per heavy atom. The number of imidazole rings is 1. The molecule has 15 heavy (non-hydrogen) atoms. The number of aldehydes is 1. The van der Waals surface area contributed by atoms with Crippen molar-refractivity contribution >= 4 is 6.29 Å². The van der Waals surface area contributed by atoms with Crippen molar-refractivity contribution in [3.05, 3.63) is 17.2 Å².